The van der Waals surface area contributed by atoms with Crippen molar-refractivity contribution in [3.05, 3.63) is 33.1 Å². The van der Waals surface area contributed by atoms with Crippen molar-refractivity contribution in [2.45, 2.75) is 37.6 Å². The summed E-state index contributed by atoms with van der Waals surface area (Å²) in [5, 5.41) is 19.7. The molecule has 0 aliphatic carbocycles. The average Bonchev–Trinajstić information content (AvgIpc) is 2.66. The van der Waals surface area contributed by atoms with Crippen LogP contribution in [-0.2, 0) is 13.8 Å². The van der Waals surface area contributed by atoms with Gasteiger partial charge in [-0.15, -0.1) is 0 Å². The molecule has 1 aliphatic heterocycles. The van der Waals surface area contributed by atoms with Crippen molar-refractivity contribution >= 4 is 7.82 Å². The number of aromatic nitrogens is 2. The molecule has 5 N–H and O–H groups in total. The summed E-state index contributed by atoms with van der Waals surface area (Å²) in [4.78, 5) is 42.4. The van der Waals surface area contributed by atoms with Crippen LogP contribution in [0.15, 0.2) is 21.9 Å². The lowest BCUT2D eigenvalue weighted by Gasteiger charge is -2.22. The van der Waals surface area contributed by atoms with E-state index in [1.54, 1.807) is 0 Å². The number of rotatable bonds is 4. The molecule has 124 valence electrons. The van der Waals surface area contributed by atoms with Crippen LogP contribution in [0.5, 0.6) is 0 Å². The molecule has 0 amide bonds. The van der Waals surface area contributed by atoms with Crippen LogP contribution >= 0.6 is 7.82 Å². The van der Waals surface area contributed by atoms with E-state index in [0.717, 1.165) is 16.8 Å². The quantitative estimate of drug-likeness (QED) is 0.377. The van der Waals surface area contributed by atoms with Gasteiger partial charge in [-0.05, 0) is 6.92 Å². The number of nitrogens with one attached hydrogen (secondary N) is 1. The average molecular weight is 338 g/mol. The van der Waals surface area contributed by atoms with Gasteiger partial charge in [0.2, 0.25) is 0 Å². The Balaban J connectivity index is 2.37. The molecule has 0 spiro atoms. The molecular formula is C10H15N2O9P. The second-order valence-electron chi connectivity index (χ2n) is 4.80. The number of phosphoric acid groups is 1. The van der Waals surface area contributed by atoms with Gasteiger partial charge < -0.3 is 24.7 Å². The van der Waals surface area contributed by atoms with Crippen molar-refractivity contribution in [1.29, 1.82) is 0 Å². The van der Waals surface area contributed by atoms with Gasteiger partial charge in [0.1, 0.15) is 18.3 Å². The van der Waals surface area contributed by atoms with E-state index in [9.17, 15) is 24.4 Å². The number of ether oxygens (including phenoxy) is 1. The second-order valence-corrected chi connectivity index (χ2v) is 5.99. The van der Waals surface area contributed by atoms with Crippen molar-refractivity contribution in [3.8, 4) is 0 Å². The van der Waals surface area contributed by atoms with Crippen LogP contribution in [0.2, 0.25) is 0 Å². The lowest BCUT2D eigenvalue weighted by Crippen LogP contribution is -2.40. The fraction of sp³-hybridized carbons (Fsp3) is 0.600. The smallest absolute Gasteiger partial charge is 0.391 e. The first-order valence-electron chi connectivity index (χ1n) is 6.17. The maximum absolute atomic E-state index is 11.7. The predicted molar refractivity (Wildman–Crippen MR) is 69.8 cm³/mol. The van der Waals surface area contributed by atoms with E-state index in [1.807, 2.05) is 4.98 Å². The number of aliphatic hydroxyl groups excluding tert-OH is 2. The van der Waals surface area contributed by atoms with Crippen LogP contribution in [0.25, 0.3) is 0 Å². The molecule has 0 aromatic carbocycles. The Morgan fingerprint density at radius 3 is 2.59 bits per heavy atom. The van der Waals surface area contributed by atoms with E-state index < -0.39 is 49.7 Å². The van der Waals surface area contributed by atoms with E-state index in [-0.39, 0.29) is 0 Å². The summed E-state index contributed by atoms with van der Waals surface area (Å²) >= 11 is 0. The predicted octanol–water partition coefficient (Wildman–Crippen LogP) is -2.35. The molecule has 0 radical (unpaired) electrons. The number of phosphoric ester groups is 1. The summed E-state index contributed by atoms with van der Waals surface area (Å²) in [6.07, 6.45) is -6.09. The molecule has 0 saturated carbocycles. The summed E-state index contributed by atoms with van der Waals surface area (Å²) in [5.41, 5.74) is -1.55. The topological polar surface area (TPSA) is 171 Å². The first kappa shape index (κ1) is 17.0. The van der Waals surface area contributed by atoms with Crippen LogP contribution in [0.4, 0.5) is 0 Å². The number of aliphatic hydroxyl groups is 2. The fourth-order valence-electron chi connectivity index (χ4n) is 2.20. The van der Waals surface area contributed by atoms with E-state index >= 15 is 0 Å². The Bertz CT molecular complexity index is 692. The zero-order valence-corrected chi connectivity index (χ0v) is 12.2. The van der Waals surface area contributed by atoms with Crippen LogP contribution < -0.4 is 11.2 Å². The van der Waals surface area contributed by atoms with Gasteiger partial charge in [-0.25, -0.2) is 9.36 Å². The minimum absolute atomic E-state index is 0.663. The molecule has 12 heteroatoms. The van der Waals surface area contributed by atoms with E-state index in [1.165, 1.54) is 6.92 Å². The maximum atomic E-state index is 11.7. The van der Waals surface area contributed by atoms with Crippen molar-refractivity contribution in [1.82, 2.24) is 9.55 Å². The number of H-pyrrole nitrogens is 1. The summed E-state index contributed by atoms with van der Waals surface area (Å²) in [6.45, 7) is 1.27. The van der Waals surface area contributed by atoms with Crippen LogP contribution in [0.3, 0.4) is 0 Å². The van der Waals surface area contributed by atoms with E-state index in [0.29, 0.717) is 0 Å². The third-order valence-corrected chi connectivity index (χ3v) is 3.63. The monoisotopic (exact) mass is 338 g/mol. The molecule has 1 aliphatic rings. The van der Waals surface area contributed by atoms with E-state index in [2.05, 4.69) is 4.52 Å². The largest absolute Gasteiger partial charge is 0.470 e. The Hall–Kier alpha value is -1.33. The zero-order valence-electron chi connectivity index (χ0n) is 11.3. The molecule has 1 fully saturated rings. The minimum Gasteiger partial charge on any atom is -0.391 e. The van der Waals surface area contributed by atoms with Crippen molar-refractivity contribution in [3.63, 3.8) is 0 Å². The molecular weight excluding hydrogens is 323 g/mol. The Morgan fingerprint density at radius 1 is 1.45 bits per heavy atom. The van der Waals surface area contributed by atoms with Crippen molar-refractivity contribution in [2.24, 2.45) is 0 Å². The number of hydrogen-bond donors (Lipinski definition) is 5. The third-order valence-electron chi connectivity index (χ3n) is 3.11. The summed E-state index contributed by atoms with van der Waals surface area (Å²) in [5.74, 6) is 0. The Kier molecular flexibility index (Phi) is 4.68. The van der Waals surface area contributed by atoms with Gasteiger partial charge in [0.05, 0.1) is 6.10 Å². The summed E-state index contributed by atoms with van der Waals surface area (Å²) in [7, 11) is -4.96. The fourth-order valence-corrected chi connectivity index (χ4v) is 2.76. The third kappa shape index (κ3) is 3.52. The minimum atomic E-state index is -4.96. The van der Waals surface area contributed by atoms with Gasteiger partial charge in [0.15, 0.2) is 6.23 Å². The summed E-state index contributed by atoms with van der Waals surface area (Å²) < 4.78 is 21.5. The Labute approximate surface area is 123 Å². The first-order valence-corrected chi connectivity index (χ1v) is 7.70. The molecule has 1 unspecified atom stereocenters. The highest BCUT2D eigenvalue weighted by molar-refractivity contribution is 7.46. The van der Waals surface area contributed by atoms with Gasteiger partial charge in [-0.3, -0.25) is 18.9 Å². The van der Waals surface area contributed by atoms with Gasteiger partial charge in [-0.2, -0.15) is 0 Å². The zero-order chi connectivity index (χ0) is 16.7. The SMILES string of the molecule is CC(O)[C@H]1O[C@@H](n2ccc(=O)[nH]c2=O)[C@H](O)[C@@H]1OP(=O)(O)O. The lowest BCUT2D eigenvalue weighted by molar-refractivity contribution is -0.0798. The molecule has 2 rings (SSSR count). The van der Waals surface area contributed by atoms with Crippen molar-refractivity contribution in [2.75, 3.05) is 0 Å². The number of nitrogens with zero attached hydrogens (tertiary/aromatic N) is 1. The van der Waals surface area contributed by atoms with Gasteiger partial charge in [0.25, 0.3) is 5.56 Å². The lowest BCUT2D eigenvalue weighted by atomic mass is 10.1. The van der Waals surface area contributed by atoms with Crippen molar-refractivity contribution < 1.29 is 33.8 Å². The Morgan fingerprint density at radius 2 is 2.09 bits per heavy atom. The van der Waals surface area contributed by atoms with Gasteiger partial charge in [-0.1, -0.05) is 0 Å². The maximum Gasteiger partial charge on any atom is 0.470 e. The molecule has 0 bridgehead atoms. The highest BCUT2D eigenvalue weighted by atomic mass is 31.2. The van der Waals surface area contributed by atoms with Gasteiger partial charge in [0, 0.05) is 12.3 Å². The molecule has 1 saturated heterocycles. The highest BCUT2D eigenvalue weighted by Gasteiger charge is 2.50. The molecule has 1 aromatic heterocycles. The van der Waals surface area contributed by atoms with Crippen LogP contribution in [0, 0.1) is 0 Å². The normalized spacial score (nSPS) is 30.4. The van der Waals surface area contributed by atoms with Gasteiger partial charge >= 0.3 is 13.5 Å². The van der Waals surface area contributed by atoms with Crippen LogP contribution in [-0.4, -0.2) is 54.0 Å². The molecule has 5 atom stereocenters. The standard InChI is InChI=1S/C10H15N2O9P/c1-4(13)7-8(21-22(17,18)19)6(15)9(20-7)12-3-2-5(14)11-10(12)16/h2-4,6-9,13,15H,1H3,(H,11,14,16)(H2,17,18,19)/t4?,6-,7-,8+,9-/m1/s1. The number of aromatic amines is 1. The molecule has 11 nitrogen and oxygen atoms in total. The first-order chi connectivity index (χ1) is 10.1. The second kappa shape index (κ2) is 6.05. The molecule has 2 heterocycles. The highest BCUT2D eigenvalue weighted by Crippen LogP contribution is 2.44. The van der Waals surface area contributed by atoms with E-state index in [4.69, 9.17) is 14.5 Å². The molecule has 1 aromatic rings. The summed E-state index contributed by atoms with van der Waals surface area (Å²) in [6, 6.07) is 1.01. The number of hydrogen-bond acceptors (Lipinski definition) is 7. The molecule has 22 heavy (non-hydrogen) atoms. The van der Waals surface area contributed by atoms with Crippen LogP contribution in [0.1, 0.15) is 13.2 Å².